The molecule has 0 radical (unpaired) electrons. The number of rotatable bonds is 3. The summed E-state index contributed by atoms with van der Waals surface area (Å²) in [6, 6.07) is 19.3. The van der Waals surface area contributed by atoms with Gasteiger partial charge in [-0.2, -0.15) is 0 Å². The standard InChI is InChI=1S/C20H18N2O3/c1-13(14-7-3-2-4-8-14)21-19(24)20(25)22-17-11-5-10-16-15(17)9-6-12-18(16)23/h2-13,23H,1H3,(H,21,24)(H,22,25)/t13-/m0/s1. The maximum absolute atomic E-state index is 12.2. The predicted octanol–water partition coefficient (Wildman–Crippen LogP) is 3.36. The van der Waals surface area contributed by atoms with Gasteiger partial charge in [0.1, 0.15) is 5.75 Å². The molecule has 0 aliphatic heterocycles. The molecule has 0 aromatic heterocycles. The third-order valence-electron chi connectivity index (χ3n) is 4.00. The number of phenols is 1. The molecular formula is C20H18N2O3. The Labute approximate surface area is 145 Å². The van der Waals surface area contributed by atoms with E-state index < -0.39 is 11.8 Å². The maximum atomic E-state index is 12.2. The third kappa shape index (κ3) is 3.61. The van der Waals surface area contributed by atoms with Gasteiger partial charge in [0, 0.05) is 16.5 Å². The molecule has 0 fully saturated rings. The average Bonchev–Trinajstić information content (AvgIpc) is 2.63. The van der Waals surface area contributed by atoms with Crippen LogP contribution in [-0.4, -0.2) is 16.9 Å². The summed E-state index contributed by atoms with van der Waals surface area (Å²) in [5.41, 5.74) is 1.39. The van der Waals surface area contributed by atoms with Gasteiger partial charge < -0.3 is 15.7 Å². The number of carbonyl (C=O) groups is 2. The van der Waals surface area contributed by atoms with E-state index in [-0.39, 0.29) is 11.8 Å². The van der Waals surface area contributed by atoms with E-state index in [2.05, 4.69) is 10.6 Å². The van der Waals surface area contributed by atoms with Crippen LogP contribution in [0.25, 0.3) is 10.8 Å². The molecule has 3 N–H and O–H groups in total. The van der Waals surface area contributed by atoms with E-state index >= 15 is 0 Å². The van der Waals surface area contributed by atoms with Crippen LogP contribution in [0.15, 0.2) is 66.7 Å². The predicted molar refractivity (Wildman–Crippen MR) is 97.2 cm³/mol. The van der Waals surface area contributed by atoms with Crippen molar-refractivity contribution in [3.63, 3.8) is 0 Å². The number of hydrogen-bond acceptors (Lipinski definition) is 3. The third-order valence-corrected chi connectivity index (χ3v) is 4.00. The highest BCUT2D eigenvalue weighted by atomic mass is 16.3. The van der Waals surface area contributed by atoms with Crippen molar-refractivity contribution in [2.75, 3.05) is 5.32 Å². The summed E-state index contributed by atoms with van der Waals surface area (Å²) in [6.45, 7) is 1.82. The minimum Gasteiger partial charge on any atom is -0.507 e. The summed E-state index contributed by atoms with van der Waals surface area (Å²) in [7, 11) is 0. The largest absolute Gasteiger partial charge is 0.507 e. The van der Waals surface area contributed by atoms with Crippen LogP contribution >= 0.6 is 0 Å². The average molecular weight is 334 g/mol. The first-order valence-electron chi connectivity index (χ1n) is 7.94. The maximum Gasteiger partial charge on any atom is 0.313 e. The van der Waals surface area contributed by atoms with E-state index in [1.807, 2.05) is 37.3 Å². The number of aromatic hydroxyl groups is 1. The molecule has 5 heteroatoms. The monoisotopic (exact) mass is 334 g/mol. The summed E-state index contributed by atoms with van der Waals surface area (Å²) in [4.78, 5) is 24.4. The van der Waals surface area contributed by atoms with Crippen LogP contribution in [0.5, 0.6) is 5.75 Å². The molecule has 0 aliphatic carbocycles. The SMILES string of the molecule is C[C@H](NC(=O)C(=O)Nc1cccc2c(O)cccc12)c1ccccc1. The number of anilines is 1. The van der Waals surface area contributed by atoms with Gasteiger partial charge in [0.05, 0.1) is 6.04 Å². The first kappa shape index (κ1) is 16.5. The minimum atomic E-state index is -0.751. The summed E-state index contributed by atoms with van der Waals surface area (Å²) in [5.74, 6) is -1.34. The molecule has 2 amide bonds. The summed E-state index contributed by atoms with van der Waals surface area (Å²) in [5, 5.41) is 16.4. The molecule has 25 heavy (non-hydrogen) atoms. The van der Waals surface area contributed by atoms with E-state index in [1.54, 1.807) is 36.4 Å². The molecule has 126 valence electrons. The van der Waals surface area contributed by atoms with Crippen molar-refractivity contribution in [3.05, 3.63) is 72.3 Å². The van der Waals surface area contributed by atoms with Gasteiger partial charge in [-0.1, -0.05) is 54.6 Å². The van der Waals surface area contributed by atoms with Crippen molar-refractivity contribution in [1.82, 2.24) is 5.32 Å². The summed E-state index contributed by atoms with van der Waals surface area (Å²) < 4.78 is 0. The second-order valence-corrected chi connectivity index (χ2v) is 5.74. The molecule has 0 saturated carbocycles. The smallest absolute Gasteiger partial charge is 0.313 e. The van der Waals surface area contributed by atoms with Crippen molar-refractivity contribution in [1.29, 1.82) is 0 Å². The second-order valence-electron chi connectivity index (χ2n) is 5.74. The van der Waals surface area contributed by atoms with Gasteiger partial charge >= 0.3 is 11.8 Å². The zero-order valence-electron chi connectivity index (χ0n) is 13.7. The molecule has 3 rings (SSSR count). The molecular weight excluding hydrogens is 316 g/mol. The number of amides is 2. The number of fused-ring (bicyclic) bond motifs is 1. The van der Waals surface area contributed by atoms with E-state index in [9.17, 15) is 14.7 Å². The Morgan fingerprint density at radius 1 is 0.840 bits per heavy atom. The summed E-state index contributed by atoms with van der Waals surface area (Å²) in [6.07, 6.45) is 0. The zero-order valence-corrected chi connectivity index (χ0v) is 13.7. The first-order chi connectivity index (χ1) is 12.1. The molecule has 0 spiro atoms. The van der Waals surface area contributed by atoms with E-state index in [0.717, 1.165) is 5.56 Å². The fraction of sp³-hybridized carbons (Fsp3) is 0.100. The first-order valence-corrected chi connectivity index (χ1v) is 7.94. The lowest BCUT2D eigenvalue weighted by Crippen LogP contribution is -2.36. The summed E-state index contributed by atoms with van der Waals surface area (Å²) >= 11 is 0. The molecule has 0 aliphatic rings. The Morgan fingerprint density at radius 3 is 2.28 bits per heavy atom. The van der Waals surface area contributed by atoms with Gasteiger partial charge in [0.15, 0.2) is 0 Å². The quantitative estimate of drug-likeness (QED) is 0.643. The Hall–Kier alpha value is -3.34. The van der Waals surface area contributed by atoms with Crippen molar-refractivity contribution in [2.24, 2.45) is 0 Å². The van der Waals surface area contributed by atoms with Crippen molar-refractivity contribution < 1.29 is 14.7 Å². The van der Waals surface area contributed by atoms with Gasteiger partial charge in [-0.15, -0.1) is 0 Å². The molecule has 5 nitrogen and oxygen atoms in total. The second kappa shape index (κ2) is 7.05. The molecule has 3 aromatic carbocycles. The van der Waals surface area contributed by atoms with Crippen LogP contribution in [-0.2, 0) is 9.59 Å². The van der Waals surface area contributed by atoms with Gasteiger partial charge in [0.25, 0.3) is 0 Å². The zero-order chi connectivity index (χ0) is 17.8. The van der Waals surface area contributed by atoms with Gasteiger partial charge in [-0.3, -0.25) is 9.59 Å². The lowest BCUT2D eigenvalue weighted by atomic mass is 10.1. The van der Waals surface area contributed by atoms with Crippen molar-refractivity contribution in [3.8, 4) is 5.75 Å². The number of nitrogens with one attached hydrogen (secondary N) is 2. The topological polar surface area (TPSA) is 78.4 Å². The van der Waals surface area contributed by atoms with Crippen molar-refractivity contribution in [2.45, 2.75) is 13.0 Å². The number of phenolic OH excluding ortho intramolecular Hbond substituents is 1. The van der Waals surface area contributed by atoms with E-state index in [1.165, 1.54) is 0 Å². The highest BCUT2D eigenvalue weighted by Gasteiger charge is 2.18. The Morgan fingerprint density at radius 2 is 1.52 bits per heavy atom. The van der Waals surface area contributed by atoms with Crippen molar-refractivity contribution >= 4 is 28.3 Å². The van der Waals surface area contributed by atoms with Crippen LogP contribution in [0, 0.1) is 0 Å². The van der Waals surface area contributed by atoms with E-state index in [0.29, 0.717) is 16.5 Å². The fourth-order valence-corrected chi connectivity index (χ4v) is 2.67. The molecule has 3 aromatic rings. The molecule has 0 saturated heterocycles. The number of benzene rings is 3. The van der Waals surface area contributed by atoms with Gasteiger partial charge in [0.2, 0.25) is 0 Å². The lowest BCUT2D eigenvalue weighted by Gasteiger charge is -2.14. The van der Waals surface area contributed by atoms with Crippen LogP contribution in [0.2, 0.25) is 0 Å². The molecule has 0 bridgehead atoms. The minimum absolute atomic E-state index is 0.121. The normalized spacial score (nSPS) is 11.7. The van der Waals surface area contributed by atoms with Crippen LogP contribution in [0.4, 0.5) is 5.69 Å². The highest BCUT2D eigenvalue weighted by molar-refractivity contribution is 6.40. The number of carbonyl (C=O) groups excluding carboxylic acids is 2. The van der Waals surface area contributed by atoms with Gasteiger partial charge in [-0.05, 0) is 24.6 Å². The number of hydrogen-bond donors (Lipinski definition) is 3. The van der Waals surface area contributed by atoms with Crippen LogP contribution in [0.3, 0.4) is 0 Å². The highest BCUT2D eigenvalue weighted by Crippen LogP contribution is 2.29. The Balaban J connectivity index is 1.74. The van der Waals surface area contributed by atoms with E-state index in [4.69, 9.17) is 0 Å². The van der Waals surface area contributed by atoms with Crippen LogP contribution < -0.4 is 10.6 Å². The molecule has 0 unspecified atom stereocenters. The fourth-order valence-electron chi connectivity index (χ4n) is 2.67. The molecule has 0 heterocycles. The molecule has 1 atom stereocenters. The lowest BCUT2D eigenvalue weighted by molar-refractivity contribution is -0.136. The van der Waals surface area contributed by atoms with Crippen LogP contribution in [0.1, 0.15) is 18.5 Å². The Bertz CT molecular complexity index is 923. The Kier molecular flexibility index (Phi) is 4.66. The van der Waals surface area contributed by atoms with Gasteiger partial charge in [-0.25, -0.2) is 0 Å².